The van der Waals surface area contributed by atoms with Crippen molar-refractivity contribution in [2.24, 2.45) is 0 Å². The monoisotopic (exact) mass is 285 g/mol. The van der Waals surface area contributed by atoms with Crippen LogP contribution in [0.1, 0.15) is 38.7 Å². The molecule has 0 fully saturated rings. The first-order valence-electron chi connectivity index (χ1n) is 7.26. The number of rotatable bonds is 9. The zero-order valence-electron chi connectivity index (χ0n) is 12.6. The summed E-state index contributed by atoms with van der Waals surface area (Å²) in [6.07, 6.45) is 3.71. The van der Waals surface area contributed by atoms with Crippen molar-refractivity contribution in [2.45, 2.75) is 51.7 Å². The maximum Gasteiger partial charge on any atom is 0.126 e. The Bertz CT molecular complexity index is 378. The van der Waals surface area contributed by atoms with E-state index in [9.17, 15) is 8.78 Å². The highest BCUT2D eigenvalue weighted by atomic mass is 19.1. The summed E-state index contributed by atoms with van der Waals surface area (Å²) < 4.78 is 31.7. The first-order valence-corrected chi connectivity index (χ1v) is 7.26. The zero-order chi connectivity index (χ0) is 15.0. The Morgan fingerprint density at radius 3 is 2.35 bits per heavy atom. The van der Waals surface area contributed by atoms with E-state index in [4.69, 9.17) is 4.74 Å². The van der Waals surface area contributed by atoms with Crippen molar-refractivity contribution in [3.8, 4) is 0 Å². The summed E-state index contributed by atoms with van der Waals surface area (Å²) in [6, 6.07) is 3.94. The lowest BCUT2D eigenvalue weighted by molar-refractivity contribution is 0.106. The summed E-state index contributed by atoms with van der Waals surface area (Å²) in [5, 5.41) is 3.44. The smallest absolute Gasteiger partial charge is 0.126 e. The van der Waals surface area contributed by atoms with Crippen LogP contribution < -0.4 is 5.32 Å². The van der Waals surface area contributed by atoms with Gasteiger partial charge in [-0.1, -0.05) is 6.92 Å². The van der Waals surface area contributed by atoms with Crippen molar-refractivity contribution in [1.29, 1.82) is 0 Å². The fraction of sp³-hybridized carbons (Fsp3) is 0.625. The molecule has 4 heteroatoms. The van der Waals surface area contributed by atoms with Gasteiger partial charge in [-0.05, 0) is 56.8 Å². The second kappa shape index (κ2) is 9.03. The van der Waals surface area contributed by atoms with Gasteiger partial charge in [-0.3, -0.25) is 0 Å². The highest BCUT2D eigenvalue weighted by Gasteiger charge is 2.12. The molecule has 0 aromatic heterocycles. The Balaban J connectivity index is 2.62. The number of methoxy groups -OCH3 is 1. The van der Waals surface area contributed by atoms with Gasteiger partial charge in [0.2, 0.25) is 0 Å². The molecule has 0 saturated heterocycles. The minimum Gasteiger partial charge on any atom is -0.382 e. The molecule has 0 heterocycles. The van der Waals surface area contributed by atoms with E-state index < -0.39 is 11.6 Å². The molecule has 20 heavy (non-hydrogen) atoms. The van der Waals surface area contributed by atoms with Crippen LogP contribution in [0.15, 0.2) is 18.2 Å². The Hall–Kier alpha value is -1.00. The SMILES string of the molecule is CCCNC(CCC(C)OC)Cc1cc(F)cc(F)c1. The fourth-order valence-electron chi connectivity index (χ4n) is 2.19. The lowest BCUT2D eigenvalue weighted by Crippen LogP contribution is -2.32. The summed E-state index contributed by atoms with van der Waals surface area (Å²) in [7, 11) is 1.70. The van der Waals surface area contributed by atoms with Gasteiger partial charge in [-0.2, -0.15) is 0 Å². The van der Waals surface area contributed by atoms with Gasteiger partial charge in [0.15, 0.2) is 0 Å². The molecule has 1 aromatic carbocycles. The molecule has 2 atom stereocenters. The lowest BCUT2D eigenvalue weighted by Gasteiger charge is -2.20. The molecular weight excluding hydrogens is 260 g/mol. The molecule has 0 radical (unpaired) electrons. The Labute approximate surface area is 120 Å². The molecule has 2 unspecified atom stereocenters. The molecule has 1 aromatic rings. The molecule has 0 aliphatic carbocycles. The third kappa shape index (κ3) is 6.44. The van der Waals surface area contributed by atoms with Gasteiger partial charge in [-0.15, -0.1) is 0 Å². The number of halogens is 2. The summed E-state index contributed by atoms with van der Waals surface area (Å²) >= 11 is 0. The van der Waals surface area contributed by atoms with Crippen molar-refractivity contribution < 1.29 is 13.5 Å². The van der Waals surface area contributed by atoms with Gasteiger partial charge in [0.1, 0.15) is 11.6 Å². The quantitative estimate of drug-likeness (QED) is 0.747. The van der Waals surface area contributed by atoms with Crippen molar-refractivity contribution >= 4 is 0 Å². The van der Waals surface area contributed by atoms with Gasteiger partial charge in [0.25, 0.3) is 0 Å². The van der Waals surface area contributed by atoms with Crippen LogP contribution in [0.5, 0.6) is 0 Å². The average Bonchev–Trinajstić information content (AvgIpc) is 2.40. The van der Waals surface area contributed by atoms with E-state index in [1.54, 1.807) is 7.11 Å². The van der Waals surface area contributed by atoms with Gasteiger partial charge in [0.05, 0.1) is 6.10 Å². The van der Waals surface area contributed by atoms with Gasteiger partial charge < -0.3 is 10.1 Å². The molecule has 0 bridgehead atoms. The number of ether oxygens (including phenoxy) is 1. The molecule has 0 spiro atoms. The minimum absolute atomic E-state index is 0.199. The molecule has 0 aliphatic heterocycles. The molecule has 1 N–H and O–H groups in total. The number of hydrogen-bond acceptors (Lipinski definition) is 2. The van der Waals surface area contributed by atoms with Crippen LogP contribution in [0.2, 0.25) is 0 Å². The van der Waals surface area contributed by atoms with Crippen LogP contribution in [0.25, 0.3) is 0 Å². The van der Waals surface area contributed by atoms with E-state index in [0.29, 0.717) is 12.0 Å². The largest absolute Gasteiger partial charge is 0.382 e. The third-order valence-corrected chi connectivity index (χ3v) is 3.41. The molecular formula is C16H25F2NO. The van der Waals surface area contributed by atoms with Crippen molar-refractivity contribution in [1.82, 2.24) is 5.32 Å². The van der Waals surface area contributed by atoms with Crippen molar-refractivity contribution in [3.63, 3.8) is 0 Å². The second-order valence-electron chi connectivity index (χ2n) is 5.26. The van der Waals surface area contributed by atoms with E-state index in [0.717, 1.165) is 31.9 Å². The maximum absolute atomic E-state index is 13.2. The van der Waals surface area contributed by atoms with Crippen molar-refractivity contribution in [3.05, 3.63) is 35.4 Å². The Kier molecular flexibility index (Phi) is 7.70. The topological polar surface area (TPSA) is 21.3 Å². The van der Waals surface area contributed by atoms with Crippen LogP contribution >= 0.6 is 0 Å². The number of hydrogen-bond donors (Lipinski definition) is 1. The van der Waals surface area contributed by atoms with Crippen LogP contribution in [-0.4, -0.2) is 25.8 Å². The van der Waals surface area contributed by atoms with Gasteiger partial charge in [-0.25, -0.2) is 8.78 Å². The normalized spacial score (nSPS) is 14.2. The second-order valence-corrected chi connectivity index (χ2v) is 5.26. The molecule has 0 aliphatic rings. The van der Waals surface area contributed by atoms with E-state index in [1.807, 2.05) is 6.92 Å². The van der Waals surface area contributed by atoms with Crippen LogP contribution in [0, 0.1) is 11.6 Å². The first-order chi connectivity index (χ1) is 9.55. The number of nitrogens with one attached hydrogen (secondary N) is 1. The summed E-state index contributed by atoms with van der Waals surface area (Å²) in [5.41, 5.74) is 0.696. The predicted octanol–water partition coefficient (Wildman–Crippen LogP) is 3.69. The van der Waals surface area contributed by atoms with E-state index in [-0.39, 0.29) is 12.1 Å². The fourth-order valence-corrected chi connectivity index (χ4v) is 2.19. The molecule has 114 valence electrons. The standard InChI is InChI=1S/C16H25F2NO/c1-4-7-19-16(6-5-12(2)20-3)10-13-8-14(17)11-15(18)9-13/h8-9,11-12,16,19H,4-7,10H2,1-3H3. The minimum atomic E-state index is -0.514. The van der Waals surface area contributed by atoms with Gasteiger partial charge in [0, 0.05) is 19.2 Å². The first kappa shape index (κ1) is 17.1. The van der Waals surface area contributed by atoms with E-state index in [1.165, 1.54) is 12.1 Å². The van der Waals surface area contributed by atoms with Gasteiger partial charge >= 0.3 is 0 Å². The Morgan fingerprint density at radius 1 is 1.15 bits per heavy atom. The maximum atomic E-state index is 13.2. The molecule has 2 nitrogen and oxygen atoms in total. The summed E-state index contributed by atoms with van der Waals surface area (Å²) in [6.45, 7) is 5.03. The van der Waals surface area contributed by atoms with Crippen LogP contribution in [-0.2, 0) is 11.2 Å². The third-order valence-electron chi connectivity index (χ3n) is 3.41. The molecule has 1 rings (SSSR count). The van der Waals surface area contributed by atoms with Crippen molar-refractivity contribution in [2.75, 3.05) is 13.7 Å². The summed E-state index contributed by atoms with van der Waals surface area (Å²) in [5.74, 6) is -1.03. The number of benzene rings is 1. The predicted molar refractivity (Wildman–Crippen MR) is 77.8 cm³/mol. The molecule has 0 saturated carbocycles. The average molecular weight is 285 g/mol. The summed E-state index contributed by atoms with van der Waals surface area (Å²) in [4.78, 5) is 0. The lowest BCUT2D eigenvalue weighted by atomic mass is 10.00. The van der Waals surface area contributed by atoms with Crippen LogP contribution in [0.4, 0.5) is 8.78 Å². The van der Waals surface area contributed by atoms with Crippen LogP contribution in [0.3, 0.4) is 0 Å². The van der Waals surface area contributed by atoms with E-state index >= 15 is 0 Å². The van der Waals surface area contributed by atoms with E-state index in [2.05, 4.69) is 12.2 Å². The zero-order valence-corrected chi connectivity index (χ0v) is 12.6. The Morgan fingerprint density at radius 2 is 1.80 bits per heavy atom. The highest BCUT2D eigenvalue weighted by Crippen LogP contribution is 2.13. The highest BCUT2D eigenvalue weighted by molar-refractivity contribution is 5.19. The molecule has 0 amide bonds.